The van der Waals surface area contributed by atoms with E-state index < -0.39 is 6.35 Å². The summed E-state index contributed by atoms with van der Waals surface area (Å²) in [6.07, 6.45) is -0.856. The molecule has 0 spiro atoms. The van der Waals surface area contributed by atoms with E-state index >= 15 is 0 Å². The second-order valence-electron chi connectivity index (χ2n) is 0.845. The standard InChI is InChI=1S/CH4N4O/c6-1-2-4-5-3-1/h1,6H,(H,2,5)(H,3,4). The third-order valence-electron chi connectivity index (χ3n) is 0.411. The van der Waals surface area contributed by atoms with Crippen molar-refractivity contribution in [2.45, 2.75) is 6.35 Å². The van der Waals surface area contributed by atoms with Crippen LogP contribution in [0.4, 0.5) is 0 Å². The Labute approximate surface area is 34.0 Å². The first-order valence-corrected chi connectivity index (χ1v) is 1.48. The Morgan fingerprint density at radius 3 is 2.67 bits per heavy atom. The fraction of sp³-hybridized carbons (Fsp3) is 1.00. The van der Waals surface area contributed by atoms with Gasteiger partial charge in [-0.15, -0.1) is 5.11 Å². The van der Waals surface area contributed by atoms with Crippen LogP contribution < -0.4 is 11.0 Å². The Morgan fingerprint density at radius 2 is 2.50 bits per heavy atom. The van der Waals surface area contributed by atoms with E-state index in [0.29, 0.717) is 0 Å². The number of hydrazine groups is 1. The number of rotatable bonds is 0. The minimum atomic E-state index is -0.856. The lowest BCUT2D eigenvalue weighted by atomic mass is 11.1. The lowest BCUT2D eigenvalue weighted by molar-refractivity contribution is 0.152. The normalized spacial score (nSPS) is 30.5. The van der Waals surface area contributed by atoms with Crippen LogP contribution in [0, 0.1) is 0 Å². The van der Waals surface area contributed by atoms with Gasteiger partial charge in [0.25, 0.3) is 0 Å². The van der Waals surface area contributed by atoms with Gasteiger partial charge in [0.1, 0.15) is 0 Å². The van der Waals surface area contributed by atoms with E-state index in [9.17, 15) is 0 Å². The number of nitrogens with zero attached hydrogens (tertiary/aromatic N) is 2. The first-order valence-electron chi connectivity index (χ1n) is 1.48. The Bertz CT molecular complexity index is 69.9. The average molecular weight is 88.1 g/mol. The maximum absolute atomic E-state index is 8.30. The summed E-state index contributed by atoms with van der Waals surface area (Å²) >= 11 is 0. The van der Waals surface area contributed by atoms with E-state index in [1.807, 2.05) is 0 Å². The van der Waals surface area contributed by atoms with E-state index in [1.165, 1.54) is 0 Å². The predicted octanol–water partition coefficient (Wildman–Crippen LogP) is -1.26. The third kappa shape index (κ3) is 0.447. The van der Waals surface area contributed by atoms with Crippen molar-refractivity contribution < 1.29 is 5.11 Å². The molecule has 0 radical (unpaired) electrons. The molecule has 0 aromatic rings. The quantitative estimate of drug-likeness (QED) is 0.346. The summed E-state index contributed by atoms with van der Waals surface area (Å²) in [4.78, 5) is 0. The zero-order chi connectivity index (χ0) is 4.41. The number of hydrogen-bond donors (Lipinski definition) is 3. The minimum Gasteiger partial charge on any atom is -0.357 e. The second kappa shape index (κ2) is 1.19. The Hall–Kier alpha value is -0.680. The highest BCUT2D eigenvalue weighted by Crippen LogP contribution is 1.81. The molecule has 1 heterocycles. The first kappa shape index (κ1) is 3.51. The zero-order valence-electron chi connectivity index (χ0n) is 2.92. The van der Waals surface area contributed by atoms with Crippen molar-refractivity contribution in [3.63, 3.8) is 0 Å². The molecule has 0 aliphatic carbocycles. The molecule has 1 rings (SSSR count). The van der Waals surface area contributed by atoms with Gasteiger partial charge >= 0.3 is 0 Å². The Balaban J connectivity index is 2.38. The van der Waals surface area contributed by atoms with E-state index in [0.717, 1.165) is 0 Å². The maximum atomic E-state index is 8.30. The summed E-state index contributed by atoms with van der Waals surface area (Å²) in [5, 5.41) is 14.7. The van der Waals surface area contributed by atoms with Crippen molar-refractivity contribution >= 4 is 0 Å². The molecule has 3 N–H and O–H groups in total. The molecular weight excluding hydrogens is 84.0 g/mol. The number of hydrogen-bond acceptors (Lipinski definition) is 5. The van der Waals surface area contributed by atoms with Gasteiger partial charge in [-0.3, -0.25) is 0 Å². The molecule has 5 heteroatoms. The van der Waals surface area contributed by atoms with Crippen molar-refractivity contribution in [2.75, 3.05) is 0 Å². The van der Waals surface area contributed by atoms with E-state index in [1.54, 1.807) is 0 Å². The van der Waals surface area contributed by atoms with Gasteiger partial charge in [-0.25, -0.2) is 5.53 Å². The maximum Gasteiger partial charge on any atom is 0.241 e. The Kier molecular flexibility index (Phi) is 0.697. The van der Waals surface area contributed by atoms with Gasteiger partial charge in [0, 0.05) is 0 Å². The number of nitrogens with one attached hydrogen (secondary N) is 2. The summed E-state index contributed by atoms with van der Waals surface area (Å²) in [7, 11) is 0. The number of aliphatic hydroxyl groups excluding tert-OH is 1. The van der Waals surface area contributed by atoms with Crippen LogP contribution in [0.3, 0.4) is 0 Å². The molecule has 6 heavy (non-hydrogen) atoms. The van der Waals surface area contributed by atoms with Crippen molar-refractivity contribution in [1.82, 2.24) is 11.0 Å². The van der Waals surface area contributed by atoms with Crippen LogP contribution in [0.25, 0.3) is 0 Å². The molecule has 1 atom stereocenters. The van der Waals surface area contributed by atoms with Gasteiger partial charge in [-0.1, -0.05) is 5.22 Å². The van der Waals surface area contributed by atoms with Crippen LogP contribution in [0.15, 0.2) is 10.3 Å². The topological polar surface area (TPSA) is 69.0 Å². The van der Waals surface area contributed by atoms with E-state index in [-0.39, 0.29) is 0 Å². The van der Waals surface area contributed by atoms with Crippen molar-refractivity contribution in [2.24, 2.45) is 10.3 Å². The van der Waals surface area contributed by atoms with Crippen LogP contribution in [-0.2, 0) is 0 Å². The van der Waals surface area contributed by atoms with Gasteiger partial charge in [0.05, 0.1) is 0 Å². The largest absolute Gasteiger partial charge is 0.357 e. The Morgan fingerprint density at radius 1 is 1.67 bits per heavy atom. The van der Waals surface area contributed by atoms with Crippen molar-refractivity contribution in [3.8, 4) is 0 Å². The van der Waals surface area contributed by atoms with Gasteiger partial charge in [-0.2, -0.15) is 5.43 Å². The van der Waals surface area contributed by atoms with Gasteiger partial charge in [-0.05, 0) is 0 Å². The van der Waals surface area contributed by atoms with Crippen LogP contribution >= 0.6 is 0 Å². The molecular formula is CH4N4O. The molecule has 0 amide bonds. The highest BCUT2D eigenvalue weighted by molar-refractivity contribution is 4.40. The molecule has 0 fully saturated rings. The monoisotopic (exact) mass is 88.0 g/mol. The lowest BCUT2D eigenvalue weighted by Gasteiger charge is -1.89. The number of aliphatic hydroxyl groups is 1. The molecule has 0 saturated carbocycles. The van der Waals surface area contributed by atoms with Crippen LogP contribution in [-0.4, -0.2) is 11.5 Å². The molecule has 0 aromatic heterocycles. The summed E-state index contributed by atoms with van der Waals surface area (Å²) in [6.45, 7) is 0. The summed E-state index contributed by atoms with van der Waals surface area (Å²) in [6, 6.07) is 0. The first-order chi connectivity index (χ1) is 2.89. The third-order valence-corrected chi connectivity index (χ3v) is 0.411. The molecule has 0 saturated heterocycles. The minimum absolute atomic E-state index is 0.856. The SMILES string of the molecule is OC1N=NNN1. The molecule has 0 bridgehead atoms. The van der Waals surface area contributed by atoms with Gasteiger partial charge < -0.3 is 5.11 Å². The second-order valence-corrected chi connectivity index (χ2v) is 0.845. The summed E-state index contributed by atoms with van der Waals surface area (Å²) in [5.74, 6) is 0. The summed E-state index contributed by atoms with van der Waals surface area (Å²) < 4.78 is 0. The van der Waals surface area contributed by atoms with Crippen LogP contribution in [0.5, 0.6) is 0 Å². The fourth-order valence-corrected chi connectivity index (χ4v) is 0.199. The predicted molar refractivity (Wildman–Crippen MR) is 17.1 cm³/mol. The highest BCUT2D eigenvalue weighted by Gasteiger charge is 2.00. The lowest BCUT2D eigenvalue weighted by Crippen LogP contribution is -2.29. The van der Waals surface area contributed by atoms with Crippen molar-refractivity contribution in [3.05, 3.63) is 0 Å². The van der Waals surface area contributed by atoms with E-state index in [2.05, 4.69) is 21.3 Å². The van der Waals surface area contributed by atoms with Gasteiger partial charge in [0.2, 0.25) is 6.35 Å². The van der Waals surface area contributed by atoms with Crippen LogP contribution in [0.1, 0.15) is 0 Å². The molecule has 34 valence electrons. The smallest absolute Gasteiger partial charge is 0.241 e. The molecule has 5 nitrogen and oxygen atoms in total. The molecule has 1 aliphatic rings. The highest BCUT2D eigenvalue weighted by atomic mass is 16.3. The average Bonchev–Trinajstić information content (AvgIpc) is 1.86. The fourth-order valence-electron chi connectivity index (χ4n) is 0.199. The molecule has 1 aliphatic heterocycles. The van der Waals surface area contributed by atoms with E-state index in [4.69, 9.17) is 5.11 Å². The molecule has 0 aromatic carbocycles. The zero-order valence-corrected chi connectivity index (χ0v) is 2.92. The van der Waals surface area contributed by atoms with Crippen molar-refractivity contribution in [1.29, 1.82) is 0 Å². The molecule has 1 unspecified atom stereocenters. The summed E-state index contributed by atoms with van der Waals surface area (Å²) in [5.41, 5.74) is 4.52. The van der Waals surface area contributed by atoms with Gasteiger partial charge in [0.15, 0.2) is 0 Å². The van der Waals surface area contributed by atoms with Crippen LogP contribution in [0.2, 0.25) is 0 Å².